The fourth-order valence-electron chi connectivity index (χ4n) is 2.90. The molecule has 1 aliphatic heterocycles. The summed E-state index contributed by atoms with van der Waals surface area (Å²) in [6.07, 6.45) is 4.52. The highest BCUT2D eigenvalue weighted by molar-refractivity contribution is 7.90. The first-order valence-corrected chi connectivity index (χ1v) is 9.30. The number of sulfonamides is 1. The third-order valence-electron chi connectivity index (χ3n) is 4.29. The molecule has 0 N–H and O–H groups in total. The van der Waals surface area contributed by atoms with E-state index in [9.17, 15) is 12.8 Å². The molecule has 1 atom stereocenters. The molecule has 9 heteroatoms. The van der Waals surface area contributed by atoms with Crippen LogP contribution in [0.1, 0.15) is 24.6 Å². The molecule has 4 rings (SSSR count). The Morgan fingerprint density at radius 3 is 2.88 bits per heavy atom. The van der Waals surface area contributed by atoms with Gasteiger partial charge >= 0.3 is 0 Å². The SMILES string of the molecule is O=S(=O)(C1CC1)N1Cc2ccnn2[C@H](COc2ncccc2F)C1. The molecule has 1 aliphatic carbocycles. The lowest BCUT2D eigenvalue weighted by atomic mass is 10.2. The molecule has 2 aromatic rings. The van der Waals surface area contributed by atoms with Gasteiger partial charge < -0.3 is 4.74 Å². The minimum absolute atomic E-state index is 0.0895. The van der Waals surface area contributed by atoms with E-state index in [0.717, 1.165) is 18.5 Å². The highest BCUT2D eigenvalue weighted by Crippen LogP contribution is 2.34. The highest BCUT2D eigenvalue weighted by atomic mass is 32.2. The van der Waals surface area contributed by atoms with Crippen molar-refractivity contribution in [3.63, 3.8) is 0 Å². The average Bonchev–Trinajstić information content (AvgIpc) is 3.32. The van der Waals surface area contributed by atoms with Gasteiger partial charge in [0.25, 0.3) is 0 Å². The third-order valence-corrected chi connectivity index (χ3v) is 6.61. The van der Waals surface area contributed by atoms with Crippen LogP contribution >= 0.6 is 0 Å². The van der Waals surface area contributed by atoms with E-state index < -0.39 is 15.8 Å². The molecule has 0 radical (unpaired) electrons. The largest absolute Gasteiger partial charge is 0.473 e. The molecule has 3 heterocycles. The van der Waals surface area contributed by atoms with Gasteiger partial charge in [-0.1, -0.05) is 0 Å². The molecule has 1 saturated carbocycles. The molecule has 0 saturated heterocycles. The van der Waals surface area contributed by atoms with E-state index in [-0.39, 0.29) is 30.3 Å². The smallest absolute Gasteiger partial charge is 0.250 e. The summed E-state index contributed by atoms with van der Waals surface area (Å²) in [6.45, 7) is 0.675. The maximum atomic E-state index is 13.6. The van der Waals surface area contributed by atoms with Crippen LogP contribution in [0.4, 0.5) is 4.39 Å². The van der Waals surface area contributed by atoms with Gasteiger partial charge in [0.15, 0.2) is 5.82 Å². The lowest BCUT2D eigenvalue weighted by Crippen LogP contribution is -2.44. The summed E-state index contributed by atoms with van der Waals surface area (Å²) in [5, 5.41) is 3.99. The summed E-state index contributed by atoms with van der Waals surface area (Å²) < 4.78 is 47.4. The standard InChI is InChI=1S/C15H17FN4O3S/c16-14-2-1-6-17-15(14)23-10-12-9-19(24(21,22)13-3-4-13)8-11-5-7-18-20(11)12/h1-2,5-7,12-13H,3-4,8-10H2/t12-/m0/s1. The maximum absolute atomic E-state index is 13.6. The third kappa shape index (κ3) is 2.78. The van der Waals surface area contributed by atoms with Crippen molar-refractivity contribution in [2.24, 2.45) is 0 Å². The summed E-state index contributed by atoms with van der Waals surface area (Å²) in [7, 11) is -3.29. The van der Waals surface area contributed by atoms with Crippen molar-refractivity contribution in [3.05, 3.63) is 42.1 Å². The topological polar surface area (TPSA) is 77.3 Å². The van der Waals surface area contributed by atoms with Crippen LogP contribution < -0.4 is 4.74 Å². The number of halogens is 1. The first-order chi connectivity index (χ1) is 11.6. The van der Waals surface area contributed by atoms with Crippen LogP contribution in [0.15, 0.2) is 30.6 Å². The second-order valence-electron chi connectivity index (χ2n) is 6.06. The van der Waals surface area contributed by atoms with Crippen molar-refractivity contribution >= 4 is 10.0 Å². The molecule has 0 spiro atoms. The molecule has 128 valence electrons. The molecule has 0 aromatic carbocycles. The number of hydrogen-bond donors (Lipinski definition) is 0. The molecule has 0 amide bonds. The molecule has 24 heavy (non-hydrogen) atoms. The number of rotatable bonds is 5. The average molecular weight is 352 g/mol. The zero-order valence-corrected chi connectivity index (χ0v) is 13.7. The van der Waals surface area contributed by atoms with E-state index in [1.54, 1.807) is 16.9 Å². The first-order valence-electron chi connectivity index (χ1n) is 7.80. The number of nitrogens with zero attached hydrogens (tertiary/aromatic N) is 4. The number of pyridine rings is 1. The van der Waals surface area contributed by atoms with E-state index in [0.29, 0.717) is 6.54 Å². The van der Waals surface area contributed by atoms with Crippen molar-refractivity contribution in [2.75, 3.05) is 13.2 Å². The molecule has 7 nitrogen and oxygen atoms in total. The Bertz CT molecular complexity index is 850. The minimum Gasteiger partial charge on any atom is -0.473 e. The van der Waals surface area contributed by atoms with Gasteiger partial charge in [-0.15, -0.1) is 0 Å². The number of aromatic nitrogens is 3. The van der Waals surface area contributed by atoms with E-state index in [4.69, 9.17) is 4.74 Å². The van der Waals surface area contributed by atoms with Crippen LogP contribution in [0.5, 0.6) is 5.88 Å². The van der Waals surface area contributed by atoms with Gasteiger partial charge in [0, 0.05) is 18.9 Å². The number of ether oxygens (including phenoxy) is 1. The molecular formula is C15H17FN4O3S. The van der Waals surface area contributed by atoms with Crippen molar-refractivity contribution in [1.82, 2.24) is 19.1 Å². The summed E-state index contributed by atoms with van der Waals surface area (Å²) >= 11 is 0. The fraction of sp³-hybridized carbons (Fsp3) is 0.467. The van der Waals surface area contributed by atoms with Crippen LogP contribution in [-0.2, 0) is 16.6 Å². The van der Waals surface area contributed by atoms with Gasteiger partial charge in [0.2, 0.25) is 15.9 Å². The van der Waals surface area contributed by atoms with Crippen molar-refractivity contribution in [2.45, 2.75) is 30.7 Å². The predicted octanol–water partition coefficient (Wildman–Crippen LogP) is 1.35. The Labute approximate surface area is 139 Å². The Morgan fingerprint density at radius 1 is 1.29 bits per heavy atom. The molecule has 2 aliphatic rings. The maximum Gasteiger partial charge on any atom is 0.250 e. The van der Waals surface area contributed by atoms with Gasteiger partial charge in [-0.3, -0.25) is 4.68 Å². The lowest BCUT2D eigenvalue weighted by Gasteiger charge is -2.33. The van der Waals surface area contributed by atoms with Gasteiger partial charge in [-0.25, -0.2) is 17.8 Å². The van der Waals surface area contributed by atoms with Crippen LogP contribution in [0.25, 0.3) is 0 Å². The zero-order valence-electron chi connectivity index (χ0n) is 12.9. The Kier molecular flexibility index (Phi) is 3.76. The van der Waals surface area contributed by atoms with Gasteiger partial charge in [0.05, 0.1) is 17.5 Å². The molecule has 1 fully saturated rings. The van der Waals surface area contributed by atoms with Crippen molar-refractivity contribution in [3.8, 4) is 5.88 Å². The number of fused-ring (bicyclic) bond motifs is 1. The van der Waals surface area contributed by atoms with Crippen LogP contribution in [0.2, 0.25) is 0 Å². The lowest BCUT2D eigenvalue weighted by molar-refractivity contribution is 0.173. The summed E-state index contributed by atoms with van der Waals surface area (Å²) in [5.74, 6) is -0.634. The molecule has 0 bridgehead atoms. The minimum atomic E-state index is -3.29. The van der Waals surface area contributed by atoms with E-state index >= 15 is 0 Å². The second-order valence-corrected chi connectivity index (χ2v) is 8.27. The second kappa shape index (κ2) is 5.82. The summed E-state index contributed by atoms with van der Waals surface area (Å²) in [5.41, 5.74) is 0.806. The van der Waals surface area contributed by atoms with Gasteiger partial charge in [-0.2, -0.15) is 9.40 Å². The molecular weight excluding hydrogens is 335 g/mol. The Balaban J connectivity index is 1.55. The van der Waals surface area contributed by atoms with Crippen LogP contribution in [0, 0.1) is 5.82 Å². The Morgan fingerprint density at radius 2 is 2.12 bits per heavy atom. The normalized spacial score (nSPS) is 21.5. The van der Waals surface area contributed by atoms with Crippen molar-refractivity contribution < 1.29 is 17.5 Å². The van der Waals surface area contributed by atoms with E-state index in [1.165, 1.54) is 22.6 Å². The van der Waals surface area contributed by atoms with Gasteiger partial charge in [-0.05, 0) is 31.0 Å². The first kappa shape index (κ1) is 15.5. The zero-order chi connectivity index (χ0) is 16.7. The fourth-order valence-corrected chi connectivity index (χ4v) is 4.75. The van der Waals surface area contributed by atoms with E-state index in [2.05, 4.69) is 10.1 Å². The summed E-state index contributed by atoms with van der Waals surface area (Å²) in [4.78, 5) is 3.85. The monoisotopic (exact) mass is 352 g/mol. The predicted molar refractivity (Wildman–Crippen MR) is 83.3 cm³/mol. The van der Waals surface area contributed by atoms with Gasteiger partial charge in [0.1, 0.15) is 12.6 Å². The Hall–Kier alpha value is -2.00. The quantitative estimate of drug-likeness (QED) is 0.812. The summed E-state index contributed by atoms with van der Waals surface area (Å²) in [6, 6.07) is 4.23. The van der Waals surface area contributed by atoms with Crippen molar-refractivity contribution in [1.29, 1.82) is 0 Å². The molecule has 0 unspecified atom stereocenters. The van der Waals surface area contributed by atoms with Crippen LogP contribution in [-0.4, -0.2) is 45.9 Å². The van der Waals surface area contributed by atoms with Crippen LogP contribution in [0.3, 0.4) is 0 Å². The number of hydrogen-bond acceptors (Lipinski definition) is 5. The highest BCUT2D eigenvalue weighted by Gasteiger charge is 2.43. The molecule has 2 aromatic heterocycles. The van der Waals surface area contributed by atoms with E-state index in [1.807, 2.05) is 0 Å².